The molecule has 0 fully saturated rings. The van der Waals surface area contributed by atoms with Gasteiger partial charge in [-0.3, -0.25) is 13.9 Å². The van der Waals surface area contributed by atoms with E-state index in [9.17, 15) is 18.0 Å². The van der Waals surface area contributed by atoms with Gasteiger partial charge in [-0.2, -0.15) is 0 Å². The molecule has 0 bridgehead atoms. The number of ether oxygens (including phenoxy) is 1. The molecule has 0 aromatic heterocycles. The number of anilines is 1. The van der Waals surface area contributed by atoms with Gasteiger partial charge in [-0.05, 0) is 60.9 Å². The predicted octanol–water partition coefficient (Wildman–Crippen LogP) is 6.02. The van der Waals surface area contributed by atoms with Crippen LogP contribution in [0.4, 0.5) is 5.69 Å². The third-order valence-electron chi connectivity index (χ3n) is 7.33. The van der Waals surface area contributed by atoms with Crippen LogP contribution in [-0.2, 0) is 32.6 Å². The second-order valence-electron chi connectivity index (χ2n) is 10.6. The van der Waals surface area contributed by atoms with E-state index in [4.69, 9.17) is 16.3 Å². The molecule has 4 rings (SSSR count). The summed E-state index contributed by atoms with van der Waals surface area (Å²) in [6.45, 7) is 3.73. The molecule has 1 N–H and O–H groups in total. The largest absolute Gasteiger partial charge is 0.495 e. The summed E-state index contributed by atoms with van der Waals surface area (Å²) >= 11 is 6.14. The lowest BCUT2D eigenvalue weighted by molar-refractivity contribution is -0.140. The van der Waals surface area contributed by atoms with E-state index < -0.39 is 28.5 Å². The molecular weight excluding hydrogens is 610 g/mol. The van der Waals surface area contributed by atoms with Crippen molar-refractivity contribution in [3.05, 3.63) is 125 Å². The molecular formula is C35H38ClN3O5S. The zero-order valence-electron chi connectivity index (χ0n) is 25.6. The van der Waals surface area contributed by atoms with Gasteiger partial charge in [0.25, 0.3) is 10.0 Å². The molecule has 0 heterocycles. The highest BCUT2D eigenvalue weighted by Crippen LogP contribution is 2.33. The number of methoxy groups -OCH3 is 1. The standard InChI is InChI=1S/C35H38ClN3O5S/c1-4-22-37-35(41)32(23-27-10-6-5-7-11-27)38(24-28-16-18-29(36)19-17-28)34(40)25-39(31-12-8-9-13-33(31)44-3)45(42,43)30-20-14-26(2)15-21-30/h5-21,32H,4,22-25H2,1-3H3,(H,37,41)/t32-/m0/s1. The van der Waals surface area contributed by atoms with Gasteiger partial charge < -0.3 is 15.0 Å². The second kappa shape index (κ2) is 15.6. The highest BCUT2D eigenvalue weighted by Gasteiger charge is 2.35. The smallest absolute Gasteiger partial charge is 0.264 e. The Morgan fingerprint density at radius 3 is 2.16 bits per heavy atom. The fraction of sp³-hybridized carbons (Fsp3) is 0.257. The Hall–Kier alpha value is -4.34. The third-order valence-corrected chi connectivity index (χ3v) is 9.35. The molecule has 0 aliphatic carbocycles. The lowest BCUT2D eigenvalue weighted by Crippen LogP contribution is -2.53. The molecule has 0 spiro atoms. The van der Waals surface area contributed by atoms with E-state index in [1.807, 2.05) is 44.2 Å². The SMILES string of the molecule is CCCNC(=O)[C@H](Cc1ccccc1)N(Cc1ccc(Cl)cc1)C(=O)CN(c1ccccc1OC)S(=O)(=O)c1ccc(C)cc1. The van der Waals surface area contributed by atoms with Gasteiger partial charge in [0.15, 0.2) is 0 Å². The Bertz CT molecular complexity index is 1680. The quantitative estimate of drug-likeness (QED) is 0.181. The van der Waals surface area contributed by atoms with Crippen LogP contribution >= 0.6 is 11.6 Å². The monoisotopic (exact) mass is 647 g/mol. The number of nitrogens with one attached hydrogen (secondary N) is 1. The van der Waals surface area contributed by atoms with E-state index in [0.717, 1.165) is 21.0 Å². The fourth-order valence-corrected chi connectivity index (χ4v) is 6.44. The zero-order valence-corrected chi connectivity index (χ0v) is 27.2. The number of para-hydroxylation sites is 2. The lowest BCUT2D eigenvalue weighted by atomic mass is 10.0. The van der Waals surface area contributed by atoms with Gasteiger partial charge >= 0.3 is 0 Å². The summed E-state index contributed by atoms with van der Waals surface area (Å²) in [7, 11) is -2.80. The normalized spacial score (nSPS) is 11.8. The third kappa shape index (κ3) is 8.65. The van der Waals surface area contributed by atoms with Crippen molar-refractivity contribution in [1.82, 2.24) is 10.2 Å². The molecule has 4 aromatic rings. The van der Waals surface area contributed by atoms with Crippen molar-refractivity contribution in [2.24, 2.45) is 0 Å². The van der Waals surface area contributed by atoms with Gasteiger partial charge in [0.1, 0.15) is 18.3 Å². The molecule has 2 amide bonds. The molecule has 4 aromatic carbocycles. The zero-order chi connectivity index (χ0) is 32.4. The highest BCUT2D eigenvalue weighted by atomic mass is 35.5. The van der Waals surface area contributed by atoms with E-state index >= 15 is 0 Å². The number of nitrogens with zero attached hydrogens (tertiary/aromatic N) is 2. The first kappa shape index (κ1) is 33.6. The molecule has 236 valence electrons. The van der Waals surface area contributed by atoms with Crippen molar-refractivity contribution in [3.63, 3.8) is 0 Å². The van der Waals surface area contributed by atoms with Crippen LogP contribution in [0.25, 0.3) is 0 Å². The number of amides is 2. The molecule has 45 heavy (non-hydrogen) atoms. The van der Waals surface area contributed by atoms with E-state index in [-0.39, 0.29) is 35.2 Å². The molecule has 0 aliphatic heterocycles. The van der Waals surface area contributed by atoms with Crippen molar-refractivity contribution in [2.45, 2.75) is 44.2 Å². The topological polar surface area (TPSA) is 96.0 Å². The molecule has 1 atom stereocenters. The van der Waals surface area contributed by atoms with Crippen LogP contribution in [0, 0.1) is 6.92 Å². The average molecular weight is 648 g/mol. The summed E-state index contributed by atoms with van der Waals surface area (Å²) in [5.74, 6) is -0.598. The maximum absolute atomic E-state index is 14.5. The predicted molar refractivity (Wildman–Crippen MR) is 178 cm³/mol. The van der Waals surface area contributed by atoms with Gasteiger partial charge in [-0.25, -0.2) is 8.42 Å². The molecule has 0 radical (unpaired) electrons. The Balaban J connectivity index is 1.82. The van der Waals surface area contributed by atoms with Crippen LogP contribution in [0.15, 0.2) is 108 Å². The number of benzene rings is 4. The number of aryl methyl sites for hydroxylation is 1. The Morgan fingerprint density at radius 2 is 1.51 bits per heavy atom. The number of hydrogen-bond acceptors (Lipinski definition) is 5. The van der Waals surface area contributed by atoms with Gasteiger partial charge in [-0.1, -0.05) is 90.8 Å². The number of carbonyl (C=O) groups excluding carboxylic acids is 2. The Morgan fingerprint density at radius 1 is 0.867 bits per heavy atom. The van der Waals surface area contributed by atoms with E-state index in [2.05, 4.69) is 5.32 Å². The van der Waals surface area contributed by atoms with Crippen LogP contribution < -0.4 is 14.4 Å². The summed E-state index contributed by atoms with van der Waals surface area (Å²) in [6.07, 6.45) is 0.945. The first-order chi connectivity index (χ1) is 21.6. The molecule has 0 unspecified atom stereocenters. The van der Waals surface area contributed by atoms with Crippen molar-refractivity contribution >= 4 is 39.1 Å². The number of rotatable bonds is 14. The van der Waals surface area contributed by atoms with Crippen molar-refractivity contribution in [1.29, 1.82) is 0 Å². The van der Waals surface area contributed by atoms with E-state index in [1.54, 1.807) is 60.7 Å². The summed E-state index contributed by atoms with van der Waals surface area (Å²) in [5, 5.41) is 3.47. The van der Waals surface area contributed by atoms with Gasteiger partial charge in [0, 0.05) is 24.5 Å². The van der Waals surface area contributed by atoms with Crippen molar-refractivity contribution in [2.75, 3.05) is 24.5 Å². The summed E-state index contributed by atoms with van der Waals surface area (Å²) in [4.78, 5) is 29.7. The summed E-state index contributed by atoms with van der Waals surface area (Å²) in [6, 6.07) is 28.6. The van der Waals surface area contributed by atoms with E-state index in [0.29, 0.717) is 18.0 Å². The van der Waals surface area contributed by atoms with Crippen LogP contribution in [0.1, 0.15) is 30.0 Å². The van der Waals surface area contributed by atoms with Gasteiger partial charge in [0.05, 0.1) is 17.7 Å². The lowest BCUT2D eigenvalue weighted by Gasteiger charge is -2.34. The first-order valence-electron chi connectivity index (χ1n) is 14.7. The summed E-state index contributed by atoms with van der Waals surface area (Å²) < 4.78 is 35.0. The van der Waals surface area contributed by atoms with Crippen LogP contribution in [0.2, 0.25) is 5.02 Å². The first-order valence-corrected chi connectivity index (χ1v) is 16.5. The minimum absolute atomic E-state index is 0.0255. The van der Waals surface area contributed by atoms with Crippen LogP contribution in [0.5, 0.6) is 5.75 Å². The molecule has 0 saturated carbocycles. The van der Waals surface area contributed by atoms with E-state index in [1.165, 1.54) is 24.1 Å². The molecule has 10 heteroatoms. The maximum Gasteiger partial charge on any atom is 0.264 e. The average Bonchev–Trinajstić information content (AvgIpc) is 3.05. The number of carbonyl (C=O) groups is 2. The Kier molecular flexibility index (Phi) is 11.6. The molecule has 8 nitrogen and oxygen atoms in total. The van der Waals surface area contributed by atoms with Crippen LogP contribution in [-0.4, -0.2) is 51.4 Å². The number of halogens is 1. The number of hydrogen-bond donors (Lipinski definition) is 1. The minimum Gasteiger partial charge on any atom is -0.495 e. The molecule has 0 aliphatic rings. The maximum atomic E-state index is 14.5. The van der Waals surface area contributed by atoms with Crippen molar-refractivity contribution < 1.29 is 22.7 Å². The van der Waals surface area contributed by atoms with Crippen molar-refractivity contribution in [3.8, 4) is 5.75 Å². The fourth-order valence-electron chi connectivity index (χ4n) is 4.89. The minimum atomic E-state index is -4.24. The molecule has 0 saturated heterocycles. The number of sulfonamides is 1. The van der Waals surface area contributed by atoms with Crippen LogP contribution in [0.3, 0.4) is 0 Å². The van der Waals surface area contributed by atoms with Gasteiger partial charge in [-0.15, -0.1) is 0 Å². The Labute approximate surface area is 270 Å². The highest BCUT2D eigenvalue weighted by molar-refractivity contribution is 7.92. The van der Waals surface area contributed by atoms with Gasteiger partial charge in [0.2, 0.25) is 11.8 Å². The second-order valence-corrected chi connectivity index (χ2v) is 12.9. The summed E-state index contributed by atoms with van der Waals surface area (Å²) in [5.41, 5.74) is 2.69.